The van der Waals surface area contributed by atoms with Gasteiger partial charge in [-0.25, -0.2) is 0 Å². The minimum Gasteiger partial charge on any atom is -0.284 e. The highest BCUT2D eigenvalue weighted by molar-refractivity contribution is 8.03. The van der Waals surface area contributed by atoms with Crippen molar-refractivity contribution >= 4 is 20.2 Å². The second-order valence-electron chi connectivity index (χ2n) is 7.20. The molecule has 0 amide bonds. The number of hydrogen-bond acceptors (Lipinski definition) is 4. The molecule has 2 N–H and O–H groups in total. The maximum absolute atomic E-state index is 11.0. The van der Waals surface area contributed by atoms with Gasteiger partial charge in [0.2, 0.25) is 4.58 Å². The van der Waals surface area contributed by atoms with E-state index in [0.717, 1.165) is 19.3 Å². The first-order valence-corrected chi connectivity index (χ1v) is 13.1. The molecule has 0 aromatic heterocycles. The molecule has 0 aliphatic heterocycles. The molecule has 0 aromatic rings. The van der Waals surface area contributed by atoms with Crippen LogP contribution in [0.2, 0.25) is 0 Å². The topological polar surface area (TPSA) is 109 Å². The van der Waals surface area contributed by atoms with E-state index in [-0.39, 0.29) is 6.42 Å². The van der Waals surface area contributed by atoms with E-state index >= 15 is 0 Å². The Labute approximate surface area is 160 Å². The Morgan fingerprint density at radius 3 is 1.08 bits per heavy atom. The summed E-state index contributed by atoms with van der Waals surface area (Å²) in [5, 5.41) is 0. The van der Waals surface area contributed by atoms with Gasteiger partial charge in [-0.2, -0.15) is 16.8 Å². The fourth-order valence-corrected chi connectivity index (χ4v) is 5.29. The van der Waals surface area contributed by atoms with Crippen LogP contribution in [0, 0.1) is 0 Å². The van der Waals surface area contributed by atoms with E-state index in [2.05, 4.69) is 6.92 Å². The maximum Gasteiger partial charge on any atom is 0.284 e. The lowest BCUT2D eigenvalue weighted by atomic mass is 10.0. The van der Waals surface area contributed by atoms with E-state index in [0.29, 0.717) is 12.8 Å². The summed E-state index contributed by atoms with van der Waals surface area (Å²) in [4.78, 5) is 0. The molecule has 0 unspecified atom stereocenters. The summed E-state index contributed by atoms with van der Waals surface area (Å²) in [7, 11) is -9.56. The summed E-state index contributed by atoms with van der Waals surface area (Å²) in [5.74, 6) is 0. The van der Waals surface area contributed by atoms with Crippen LogP contribution in [0.3, 0.4) is 0 Å². The summed E-state index contributed by atoms with van der Waals surface area (Å²) in [6.45, 7) is 2.23. The van der Waals surface area contributed by atoms with E-state index in [1.165, 1.54) is 64.2 Å². The smallest absolute Gasteiger partial charge is 0.284 e. The molecule has 0 rings (SSSR count). The normalized spacial score (nSPS) is 12.8. The highest BCUT2D eigenvalue weighted by atomic mass is 32.3. The van der Waals surface area contributed by atoms with Crippen molar-refractivity contribution in [2.45, 2.75) is 114 Å². The zero-order chi connectivity index (χ0) is 19.9. The van der Waals surface area contributed by atoms with Crippen LogP contribution in [0.15, 0.2) is 0 Å². The maximum atomic E-state index is 11.0. The lowest BCUT2D eigenvalue weighted by Gasteiger charge is -2.10. The number of rotatable bonds is 18. The van der Waals surface area contributed by atoms with Crippen LogP contribution < -0.4 is 0 Å². The zero-order valence-electron chi connectivity index (χ0n) is 16.2. The van der Waals surface area contributed by atoms with Gasteiger partial charge in [0.25, 0.3) is 20.2 Å². The van der Waals surface area contributed by atoms with Crippen molar-refractivity contribution in [2.24, 2.45) is 0 Å². The van der Waals surface area contributed by atoms with E-state index in [1.807, 2.05) is 0 Å². The minimum atomic E-state index is -4.78. The van der Waals surface area contributed by atoms with Crippen molar-refractivity contribution in [1.82, 2.24) is 0 Å². The van der Waals surface area contributed by atoms with Gasteiger partial charge >= 0.3 is 0 Å². The van der Waals surface area contributed by atoms with E-state index in [9.17, 15) is 16.8 Å². The van der Waals surface area contributed by atoms with Crippen molar-refractivity contribution in [3.05, 3.63) is 0 Å². The summed E-state index contributed by atoms with van der Waals surface area (Å²) < 4.78 is 59.5. The Morgan fingerprint density at radius 1 is 0.538 bits per heavy atom. The highest BCUT2D eigenvalue weighted by Crippen LogP contribution is 2.17. The average molecular weight is 415 g/mol. The molecule has 0 atom stereocenters. The van der Waals surface area contributed by atoms with Crippen LogP contribution in [0.4, 0.5) is 0 Å². The van der Waals surface area contributed by atoms with Gasteiger partial charge in [-0.1, -0.05) is 103 Å². The standard InChI is InChI=1S/C18H38O6S2/c1-2-3-4-5-6-7-8-9-10-11-12-13-14-15-16-17-18(25(19,20)21)26(22,23)24/h18H,2-17H2,1H3,(H,19,20,21)(H,22,23,24). The van der Waals surface area contributed by atoms with E-state index < -0.39 is 24.8 Å². The molecule has 0 saturated heterocycles. The molecule has 0 spiro atoms. The van der Waals surface area contributed by atoms with Crippen LogP contribution in [0.5, 0.6) is 0 Å². The van der Waals surface area contributed by atoms with E-state index in [4.69, 9.17) is 9.11 Å². The monoisotopic (exact) mass is 414 g/mol. The number of unbranched alkanes of at least 4 members (excludes halogenated alkanes) is 14. The molecule has 0 heterocycles. The van der Waals surface area contributed by atoms with Crippen LogP contribution in [0.25, 0.3) is 0 Å². The molecule has 8 heteroatoms. The Kier molecular flexibility index (Phi) is 14.7. The van der Waals surface area contributed by atoms with Gasteiger partial charge in [-0.05, 0) is 6.42 Å². The van der Waals surface area contributed by atoms with E-state index in [1.54, 1.807) is 0 Å². The molecule has 0 radical (unpaired) electrons. The first kappa shape index (κ1) is 25.8. The van der Waals surface area contributed by atoms with Gasteiger partial charge < -0.3 is 0 Å². The molecule has 0 aliphatic carbocycles. The summed E-state index contributed by atoms with van der Waals surface area (Å²) in [5.41, 5.74) is 0. The molecular weight excluding hydrogens is 376 g/mol. The largest absolute Gasteiger partial charge is 0.284 e. The van der Waals surface area contributed by atoms with Crippen molar-refractivity contribution in [3.63, 3.8) is 0 Å². The summed E-state index contributed by atoms with van der Waals surface area (Å²) in [6, 6.07) is 0. The zero-order valence-corrected chi connectivity index (χ0v) is 17.9. The molecule has 0 aliphatic rings. The SMILES string of the molecule is CCCCCCCCCCCCCCCCCC(S(=O)(=O)O)S(=O)(=O)O. The van der Waals surface area contributed by atoms with Crippen LogP contribution >= 0.6 is 0 Å². The third kappa shape index (κ3) is 14.9. The first-order valence-electron chi connectivity index (χ1n) is 10.1. The molecule has 158 valence electrons. The average Bonchev–Trinajstić information content (AvgIpc) is 2.52. The highest BCUT2D eigenvalue weighted by Gasteiger charge is 2.34. The molecule has 6 nitrogen and oxygen atoms in total. The lowest BCUT2D eigenvalue weighted by molar-refractivity contribution is 0.446. The fourth-order valence-electron chi connectivity index (χ4n) is 3.13. The minimum absolute atomic E-state index is 0.268. The Hall–Kier alpha value is -0.180. The first-order chi connectivity index (χ1) is 12.2. The van der Waals surface area contributed by atoms with Crippen LogP contribution in [-0.4, -0.2) is 30.5 Å². The third-order valence-corrected chi connectivity index (χ3v) is 7.97. The fraction of sp³-hybridized carbons (Fsp3) is 1.00. The van der Waals surface area contributed by atoms with Crippen LogP contribution in [0.1, 0.15) is 110 Å². The van der Waals surface area contributed by atoms with Gasteiger partial charge in [-0.3, -0.25) is 9.11 Å². The number of hydrogen-bond donors (Lipinski definition) is 2. The second-order valence-corrected chi connectivity index (χ2v) is 10.7. The molecule has 0 fully saturated rings. The molecular formula is C18H38O6S2. The Bertz CT molecular complexity index is 496. The van der Waals surface area contributed by atoms with Crippen molar-refractivity contribution < 1.29 is 25.9 Å². The summed E-state index contributed by atoms with van der Waals surface area (Å²) >= 11 is 0. The van der Waals surface area contributed by atoms with Crippen molar-refractivity contribution in [2.75, 3.05) is 0 Å². The molecule has 26 heavy (non-hydrogen) atoms. The van der Waals surface area contributed by atoms with Crippen molar-refractivity contribution in [1.29, 1.82) is 0 Å². The second kappa shape index (κ2) is 14.8. The van der Waals surface area contributed by atoms with Gasteiger partial charge in [0.15, 0.2) is 0 Å². The quantitative estimate of drug-likeness (QED) is 0.231. The van der Waals surface area contributed by atoms with Crippen molar-refractivity contribution in [3.8, 4) is 0 Å². The molecule has 0 saturated carbocycles. The van der Waals surface area contributed by atoms with Gasteiger partial charge in [0.1, 0.15) is 0 Å². The van der Waals surface area contributed by atoms with Crippen LogP contribution in [-0.2, 0) is 20.2 Å². The third-order valence-electron chi connectivity index (χ3n) is 4.71. The predicted molar refractivity (Wildman–Crippen MR) is 106 cm³/mol. The lowest BCUT2D eigenvalue weighted by Crippen LogP contribution is -2.29. The van der Waals surface area contributed by atoms with Gasteiger partial charge in [-0.15, -0.1) is 0 Å². The molecule has 0 bridgehead atoms. The predicted octanol–water partition coefficient (Wildman–Crippen LogP) is 5.35. The summed E-state index contributed by atoms with van der Waals surface area (Å²) in [6.07, 6.45) is 17.0. The Balaban J connectivity index is 3.49. The van der Waals surface area contributed by atoms with Gasteiger partial charge in [0.05, 0.1) is 0 Å². The Morgan fingerprint density at radius 2 is 0.808 bits per heavy atom. The van der Waals surface area contributed by atoms with Gasteiger partial charge in [0, 0.05) is 0 Å². The molecule has 0 aromatic carbocycles.